The third kappa shape index (κ3) is 10.0. The minimum Gasteiger partial charge on any atom is -0.390 e. The van der Waals surface area contributed by atoms with E-state index in [9.17, 15) is 9.32 Å². The summed E-state index contributed by atoms with van der Waals surface area (Å²) in [4.78, 5) is 18.9. The average molecular weight is 844 g/mol. The largest absolute Gasteiger partial charge is 0.390 e. The molecule has 0 unspecified atom stereocenters. The van der Waals surface area contributed by atoms with E-state index in [0.717, 1.165) is 80.1 Å². The van der Waals surface area contributed by atoms with Crippen molar-refractivity contribution >= 4 is 32.6 Å². The van der Waals surface area contributed by atoms with Crippen LogP contribution in [0.5, 0.6) is 0 Å². The Kier molecular flexibility index (Phi) is 13.7. The van der Waals surface area contributed by atoms with Crippen molar-refractivity contribution in [3.8, 4) is 34.2 Å². The number of benzene rings is 2. The first-order valence-corrected chi connectivity index (χ1v) is 22.1. The van der Waals surface area contributed by atoms with E-state index in [0.29, 0.717) is 23.7 Å². The number of hydrogen-bond acceptors (Lipinski definition) is 9. The van der Waals surface area contributed by atoms with Crippen molar-refractivity contribution in [3.05, 3.63) is 170 Å². The summed E-state index contributed by atoms with van der Waals surface area (Å²) in [6, 6.07) is 35.7. The fourth-order valence-electron chi connectivity index (χ4n) is 7.04. The molecule has 0 bridgehead atoms. The maximum atomic E-state index is 12.8. The van der Waals surface area contributed by atoms with Gasteiger partial charge in [0.05, 0.1) is 58.9 Å². The summed E-state index contributed by atoms with van der Waals surface area (Å²) in [5.74, 6) is 2.10. The fraction of sp³-hybridized carbons (Fsp3) is 0.240. The van der Waals surface area contributed by atoms with Crippen molar-refractivity contribution < 1.29 is 9.32 Å². The number of hydrogen-bond donors (Lipinski definition) is 2. The molecule has 8 aromatic rings. The molecule has 6 heterocycles. The Morgan fingerprint density at radius 1 is 0.694 bits per heavy atom. The molecule has 0 aliphatic heterocycles. The summed E-state index contributed by atoms with van der Waals surface area (Å²) in [7, 11) is -0.967. The molecule has 0 amide bonds. The quantitative estimate of drug-likeness (QED) is 0.102. The van der Waals surface area contributed by atoms with Gasteiger partial charge in [-0.15, -0.1) is 13.2 Å². The summed E-state index contributed by atoms with van der Waals surface area (Å²) in [6.07, 6.45) is 9.65. The smallest absolute Gasteiger partial charge is 0.154 e. The van der Waals surface area contributed by atoms with Crippen molar-refractivity contribution in [2.24, 2.45) is 5.73 Å². The molecule has 2 aromatic carbocycles. The number of aliphatic hydroxyl groups excluding tert-OH is 1. The number of nitrogens with two attached hydrogens (primary N) is 1. The predicted octanol–water partition coefficient (Wildman–Crippen LogP) is 9.80. The first-order chi connectivity index (χ1) is 30.0. The lowest BCUT2D eigenvalue weighted by atomic mass is 10.0. The van der Waals surface area contributed by atoms with E-state index in [1.165, 1.54) is 0 Å². The molecular formula is C50H53N9O2S. The Hall–Kier alpha value is -6.47. The normalized spacial score (nSPS) is 13.0. The van der Waals surface area contributed by atoms with Gasteiger partial charge in [0, 0.05) is 60.5 Å². The van der Waals surface area contributed by atoms with Crippen molar-refractivity contribution in [3.63, 3.8) is 0 Å². The maximum Gasteiger partial charge on any atom is 0.154 e. The van der Waals surface area contributed by atoms with E-state index >= 15 is 0 Å². The number of fused-ring (bicyclic) bond motifs is 2. The number of aryl methyl sites for hydroxylation is 1. The summed E-state index contributed by atoms with van der Waals surface area (Å²) in [6.45, 7) is 15.7. The van der Waals surface area contributed by atoms with E-state index in [4.69, 9.17) is 20.7 Å². The number of nitrogens with zero attached hydrogens (tertiary/aromatic N) is 8. The van der Waals surface area contributed by atoms with Crippen LogP contribution < -0.4 is 5.73 Å². The monoisotopic (exact) mass is 843 g/mol. The molecule has 11 nitrogen and oxygen atoms in total. The van der Waals surface area contributed by atoms with Gasteiger partial charge in [0.2, 0.25) is 0 Å². The van der Waals surface area contributed by atoms with Gasteiger partial charge in [-0.2, -0.15) is 10.2 Å². The second-order valence-corrected chi connectivity index (χ2v) is 18.3. The molecule has 0 saturated heterocycles. The average Bonchev–Trinajstić information content (AvgIpc) is 3.93. The van der Waals surface area contributed by atoms with Gasteiger partial charge >= 0.3 is 0 Å². The summed E-state index contributed by atoms with van der Waals surface area (Å²) >= 11 is 0. The highest BCUT2D eigenvalue weighted by molar-refractivity contribution is 7.86. The first kappa shape index (κ1) is 43.6. The molecule has 3 N–H and O–H groups in total. The number of allylic oxidation sites excluding steroid dienone is 1. The zero-order valence-corrected chi connectivity index (χ0v) is 36.5. The minimum atomic E-state index is -0.967. The lowest BCUT2D eigenvalue weighted by Crippen LogP contribution is -2.27. The Balaban J connectivity index is 0.000000190. The number of rotatable bonds is 14. The minimum absolute atomic E-state index is 0.0627. The maximum absolute atomic E-state index is 12.8. The van der Waals surface area contributed by atoms with Crippen LogP contribution in [-0.2, 0) is 23.8 Å². The standard InChI is InChI=1S/C28H32N4OS.C22H21N5O/c1-6-10-22(19-34(33)28(3,4)5)25-13-9-12-24(31-25)20-15-16-21-18-29-32(26(21)17-20)27-14-8-11-23(7-2)30-27;1-2-5-18(23)20-8-4-7-19(26-20)15-10-11-16-13-24-27(21(16)12-15)22-9-3-6-17(14-28)25-22/h6,8-9,11-18,22H,1,7,10,19H2,2-5H3;2-4,6-13,18,28H,1,5,14,23H2/t22-,34-;18-/m10/s1. The van der Waals surface area contributed by atoms with Gasteiger partial charge in [0.25, 0.3) is 0 Å². The second kappa shape index (κ2) is 19.5. The topological polar surface area (TPSA) is 151 Å². The first-order valence-electron chi connectivity index (χ1n) is 20.8. The zero-order valence-electron chi connectivity index (χ0n) is 35.7. The molecular weight excluding hydrogens is 791 g/mol. The van der Waals surface area contributed by atoms with Gasteiger partial charge in [-0.05, 0) is 101 Å². The summed E-state index contributed by atoms with van der Waals surface area (Å²) in [5, 5.41) is 20.5. The van der Waals surface area contributed by atoms with E-state index in [-0.39, 0.29) is 23.3 Å². The van der Waals surface area contributed by atoms with Crippen molar-refractivity contribution in [1.29, 1.82) is 0 Å². The molecule has 12 heteroatoms. The van der Waals surface area contributed by atoms with E-state index in [1.54, 1.807) is 23.0 Å². The van der Waals surface area contributed by atoms with Crippen LogP contribution in [0, 0.1) is 0 Å². The molecule has 6 aromatic heterocycles. The van der Waals surface area contributed by atoms with Crippen LogP contribution in [0.4, 0.5) is 0 Å². The van der Waals surface area contributed by atoms with Gasteiger partial charge in [0.15, 0.2) is 11.6 Å². The van der Waals surface area contributed by atoms with Gasteiger partial charge < -0.3 is 10.8 Å². The van der Waals surface area contributed by atoms with E-state index in [2.05, 4.69) is 53.5 Å². The molecule has 62 heavy (non-hydrogen) atoms. The number of pyridine rings is 4. The molecule has 316 valence electrons. The highest BCUT2D eigenvalue weighted by Gasteiger charge is 2.25. The highest BCUT2D eigenvalue weighted by Crippen LogP contribution is 2.30. The molecule has 0 saturated carbocycles. The highest BCUT2D eigenvalue weighted by atomic mass is 32.2. The molecule has 0 aliphatic rings. The Labute approximate surface area is 365 Å². The van der Waals surface area contributed by atoms with Crippen LogP contribution in [0.3, 0.4) is 0 Å². The molecule has 0 aliphatic carbocycles. The second-order valence-electron chi connectivity index (χ2n) is 16.0. The molecule has 0 fully saturated rings. The zero-order chi connectivity index (χ0) is 43.8. The van der Waals surface area contributed by atoms with Crippen LogP contribution in [0.15, 0.2) is 147 Å². The number of aromatic nitrogens is 8. The van der Waals surface area contributed by atoms with Crippen LogP contribution in [0.1, 0.15) is 75.3 Å². The predicted molar refractivity (Wildman–Crippen MR) is 252 cm³/mol. The van der Waals surface area contributed by atoms with Crippen molar-refractivity contribution in [2.45, 2.75) is 70.3 Å². The Morgan fingerprint density at radius 3 is 1.74 bits per heavy atom. The van der Waals surface area contributed by atoms with Gasteiger partial charge in [-0.3, -0.25) is 14.2 Å². The Morgan fingerprint density at radius 2 is 1.21 bits per heavy atom. The van der Waals surface area contributed by atoms with Crippen LogP contribution in [0.2, 0.25) is 0 Å². The van der Waals surface area contributed by atoms with Crippen LogP contribution >= 0.6 is 0 Å². The van der Waals surface area contributed by atoms with E-state index in [1.807, 2.05) is 123 Å². The Bertz CT molecular complexity index is 2860. The summed E-state index contributed by atoms with van der Waals surface area (Å²) in [5.41, 5.74) is 15.2. The summed E-state index contributed by atoms with van der Waals surface area (Å²) < 4.78 is 16.2. The fourth-order valence-corrected chi connectivity index (χ4v) is 8.21. The van der Waals surface area contributed by atoms with Gasteiger partial charge in [-0.25, -0.2) is 19.3 Å². The molecule has 3 atom stereocenters. The third-order valence-electron chi connectivity index (χ3n) is 10.5. The third-order valence-corrected chi connectivity index (χ3v) is 12.6. The van der Waals surface area contributed by atoms with Crippen LogP contribution in [-0.4, -0.2) is 59.3 Å². The van der Waals surface area contributed by atoms with Crippen molar-refractivity contribution in [2.75, 3.05) is 5.75 Å². The van der Waals surface area contributed by atoms with Crippen LogP contribution in [0.25, 0.3) is 56.0 Å². The van der Waals surface area contributed by atoms with E-state index < -0.39 is 10.8 Å². The number of aliphatic hydroxyl groups is 1. The lowest BCUT2D eigenvalue weighted by molar-refractivity contribution is 0.276. The van der Waals surface area contributed by atoms with Gasteiger partial charge in [0.1, 0.15) is 0 Å². The molecule has 8 rings (SSSR count). The van der Waals surface area contributed by atoms with Gasteiger partial charge in [-0.1, -0.05) is 67.6 Å². The van der Waals surface area contributed by atoms with Crippen molar-refractivity contribution in [1.82, 2.24) is 39.5 Å². The molecule has 0 spiro atoms. The lowest BCUT2D eigenvalue weighted by Gasteiger charge is -2.22. The SMILES string of the molecule is C=CC[C@H](C[S@@](=O)C(C)(C)C)c1cccc(-c2ccc3cnn(-c4cccc(CC)n4)c3c2)n1.C=CC[C@H](N)c1cccc(-c2ccc3cnn(-c4cccc(CO)n4)c3c2)n1. The molecule has 0 radical (unpaired) electrons.